The van der Waals surface area contributed by atoms with Gasteiger partial charge in [-0.1, -0.05) is 43.3 Å². The number of nitrogens with zero attached hydrogens (tertiary/aromatic N) is 1. The molecule has 0 aliphatic carbocycles. The summed E-state index contributed by atoms with van der Waals surface area (Å²) in [7, 11) is 0. The van der Waals surface area contributed by atoms with Crippen LogP contribution in [0.25, 0.3) is 0 Å². The molecule has 18 heavy (non-hydrogen) atoms. The molecular weight excluding hydrogens is 222 g/mol. The Morgan fingerprint density at radius 1 is 0.889 bits per heavy atom. The second-order valence-electron chi connectivity index (χ2n) is 4.18. The Kier molecular flexibility index (Phi) is 3.98. The number of ether oxygens (including phenoxy) is 1. The molecule has 2 heteroatoms. The van der Waals surface area contributed by atoms with Crippen LogP contribution in [0.5, 0.6) is 5.75 Å². The molecule has 2 aromatic carbocycles. The van der Waals surface area contributed by atoms with Crippen molar-refractivity contribution in [2.75, 3.05) is 0 Å². The van der Waals surface area contributed by atoms with Crippen LogP contribution >= 0.6 is 0 Å². The Balaban J connectivity index is 2.06. The van der Waals surface area contributed by atoms with Gasteiger partial charge in [0.2, 0.25) is 0 Å². The highest BCUT2D eigenvalue weighted by Crippen LogP contribution is 2.15. The summed E-state index contributed by atoms with van der Waals surface area (Å²) in [6, 6.07) is 16.3. The van der Waals surface area contributed by atoms with Crippen LogP contribution in [0.15, 0.2) is 48.5 Å². The number of nitriles is 1. The van der Waals surface area contributed by atoms with Crippen molar-refractivity contribution in [3.8, 4) is 12.0 Å². The summed E-state index contributed by atoms with van der Waals surface area (Å²) in [5, 5.41) is 8.40. The molecule has 0 aliphatic rings. The average molecular weight is 237 g/mol. The molecule has 0 bridgehead atoms. The highest BCUT2D eigenvalue weighted by Gasteiger charge is 1.98. The molecule has 0 heterocycles. The lowest BCUT2D eigenvalue weighted by atomic mass is 10.0. The van der Waals surface area contributed by atoms with E-state index in [0.717, 1.165) is 12.8 Å². The first-order valence-electron chi connectivity index (χ1n) is 6.04. The Morgan fingerprint density at radius 2 is 1.39 bits per heavy atom. The fraction of sp³-hybridized carbons (Fsp3) is 0.188. The standard InChI is InChI=1S/C16H15NO/c1-2-13-3-5-14(6-4-13)11-15-7-9-16(10-8-15)18-12-17/h3-10H,2,11H2,1H3. The van der Waals surface area contributed by atoms with Crippen LogP contribution in [-0.2, 0) is 12.8 Å². The minimum atomic E-state index is 0.586. The van der Waals surface area contributed by atoms with Crippen molar-refractivity contribution < 1.29 is 4.74 Å². The molecule has 90 valence electrons. The number of benzene rings is 2. The second-order valence-corrected chi connectivity index (χ2v) is 4.18. The van der Waals surface area contributed by atoms with Crippen molar-refractivity contribution >= 4 is 0 Å². The number of hydrogen-bond donors (Lipinski definition) is 0. The van der Waals surface area contributed by atoms with Gasteiger partial charge >= 0.3 is 0 Å². The lowest BCUT2D eigenvalue weighted by Gasteiger charge is -2.04. The first-order chi connectivity index (χ1) is 8.81. The maximum absolute atomic E-state index is 8.40. The molecule has 0 atom stereocenters. The zero-order valence-corrected chi connectivity index (χ0v) is 10.4. The zero-order valence-electron chi connectivity index (χ0n) is 10.4. The van der Waals surface area contributed by atoms with Gasteiger partial charge in [0.05, 0.1) is 0 Å². The summed E-state index contributed by atoms with van der Waals surface area (Å²) >= 11 is 0. The van der Waals surface area contributed by atoms with E-state index < -0.39 is 0 Å². The SMILES string of the molecule is CCc1ccc(Cc2ccc(OC#N)cc2)cc1. The van der Waals surface area contributed by atoms with Crippen LogP contribution in [-0.4, -0.2) is 0 Å². The third kappa shape index (κ3) is 3.11. The Hall–Kier alpha value is -2.27. The maximum atomic E-state index is 8.40. The Morgan fingerprint density at radius 3 is 1.89 bits per heavy atom. The summed E-state index contributed by atoms with van der Waals surface area (Å²) in [5.74, 6) is 0.586. The van der Waals surface area contributed by atoms with Gasteiger partial charge in [-0.3, -0.25) is 0 Å². The molecule has 0 unspecified atom stereocenters. The fourth-order valence-corrected chi connectivity index (χ4v) is 1.86. The van der Waals surface area contributed by atoms with Gasteiger partial charge in [0.25, 0.3) is 6.26 Å². The van der Waals surface area contributed by atoms with Gasteiger partial charge in [-0.15, -0.1) is 5.26 Å². The second kappa shape index (κ2) is 5.88. The summed E-state index contributed by atoms with van der Waals surface area (Å²) in [6.07, 6.45) is 3.64. The molecule has 0 saturated carbocycles. The molecule has 0 fully saturated rings. The molecule has 0 amide bonds. The highest BCUT2D eigenvalue weighted by molar-refractivity contribution is 5.32. The van der Waals surface area contributed by atoms with E-state index in [4.69, 9.17) is 10.00 Å². The van der Waals surface area contributed by atoms with E-state index in [9.17, 15) is 0 Å². The van der Waals surface area contributed by atoms with Crippen LogP contribution in [0.1, 0.15) is 23.6 Å². The third-order valence-corrected chi connectivity index (χ3v) is 2.93. The molecule has 2 aromatic rings. The van der Waals surface area contributed by atoms with E-state index in [-0.39, 0.29) is 0 Å². The Bertz CT molecular complexity index is 535. The van der Waals surface area contributed by atoms with E-state index in [0.29, 0.717) is 5.75 Å². The average Bonchev–Trinajstić information content (AvgIpc) is 2.42. The maximum Gasteiger partial charge on any atom is 0.292 e. The smallest absolute Gasteiger partial charge is 0.292 e. The summed E-state index contributed by atoms with van der Waals surface area (Å²) < 4.78 is 4.75. The summed E-state index contributed by atoms with van der Waals surface area (Å²) in [5.41, 5.74) is 3.86. The zero-order chi connectivity index (χ0) is 12.8. The van der Waals surface area contributed by atoms with Gasteiger partial charge in [0.1, 0.15) is 5.75 Å². The molecule has 2 nitrogen and oxygen atoms in total. The first-order valence-corrected chi connectivity index (χ1v) is 6.04. The first kappa shape index (κ1) is 12.2. The predicted molar refractivity (Wildman–Crippen MR) is 71.3 cm³/mol. The molecule has 0 aromatic heterocycles. The Labute approximate surface area is 107 Å². The quantitative estimate of drug-likeness (QED) is 0.759. The lowest BCUT2D eigenvalue weighted by molar-refractivity contribution is 0.507. The monoisotopic (exact) mass is 237 g/mol. The third-order valence-electron chi connectivity index (χ3n) is 2.93. The molecule has 0 saturated heterocycles. The fourth-order valence-electron chi connectivity index (χ4n) is 1.86. The van der Waals surface area contributed by atoms with Crippen molar-refractivity contribution in [3.05, 3.63) is 65.2 Å². The molecule has 2 rings (SSSR count). The minimum absolute atomic E-state index is 0.586. The molecule has 0 spiro atoms. The van der Waals surface area contributed by atoms with Gasteiger partial charge in [-0.25, -0.2) is 0 Å². The highest BCUT2D eigenvalue weighted by atomic mass is 16.5. The minimum Gasteiger partial charge on any atom is -0.388 e. The van der Waals surface area contributed by atoms with Crippen LogP contribution in [0.4, 0.5) is 0 Å². The molecular formula is C16H15NO. The van der Waals surface area contributed by atoms with Gasteiger partial charge in [0.15, 0.2) is 0 Å². The predicted octanol–water partition coefficient (Wildman–Crippen LogP) is 3.70. The van der Waals surface area contributed by atoms with E-state index in [1.165, 1.54) is 16.7 Å². The van der Waals surface area contributed by atoms with Crippen LogP contribution in [0.2, 0.25) is 0 Å². The van der Waals surface area contributed by atoms with Gasteiger partial charge < -0.3 is 4.74 Å². The summed E-state index contributed by atoms with van der Waals surface area (Å²) in [6.45, 7) is 2.16. The van der Waals surface area contributed by atoms with E-state index in [1.54, 1.807) is 6.26 Å². The largest absolute Gasteiger partial charge is 0.388 e. The lowest BCUT2D eigenvalue weighted by Crippen LogP contribution is -1.89. The van der Waals surface area contributed by atoms with Gasteiger partial charge in [-0.05, 0) is 41.7 Å². The van der Waals surface area contributed by atoms with Gasteiger partial charge in [-0.2, -0.15) is 0 Å². The number of rotatable bonds is 4. The molecule has 0 radical (unpaired) electrons. The molecule has 0 aliphatic heterocycles. The summed E-state index contributed by atoms with van der Waals surface area (Å²) in [4.78, 5) is 0. The van der Waals surface area contributed by atoms with Crippen LogP contribution in [0, 0.1) is 11.5 Å². The van der Waals surface area contributed by atoms with Crippen molar-refractivity contribution in [2.45, 2.75) is 19.8 Å². The normalized spacial score (nSPS) is 9.78. The van der Waals surface area contributed by atoms with Crippen molar-refractivity contribution in [3.63, 3.8) is 0 Å². The van der Waals surface area contributed by atoms with Crippen molar-refractivity contribution in [1.29, 1.82) is 5.26 Å². The molecule has 0 N–H and O–H groups in total. The van der Waals surface area contributed by atoms with E-state index >= 15 is 0 Å². The van der Waals surface area contributed by atoms with Crippen LogP contribution in [0.3, 0.4) is 0 Å². The topological polar surface area (TPSA) is 33.0 Å². The van der Waals surface area contributed by atoms with Crippen molar-refractivity contribution in [2.24, 2.45) is 0 Å². The number of hydrogen-bond acceptors (Lipinski definition) is 2. The number of aryl methyl sites for hydroxylation is 1. The van der Waals surface area contributed by atoms with E-state index in [1.807, 2.05) is 24.3 Å². The van der Waals surface area contributed by atoms with Crippen LogP contribution < -0.4 is 4.74 Å². The van der Waals surface area contributed by atoms with Gasteiger partial charge in [0, 0.05) is 0 Å². The van der Waals surface area contributed by atoms with Crippen molar-refractivity contribution in [1.82, 2.24) is 0 Å². The van der Waals surface area contributed by atoms with E-state index in [2.05, 4.69) is 31.2 Å².